The number of hydrogen-bond acceptors (Lipinski definition) is 4. The van der Waals surface area contributed by atoms with Crippen LogP contribution < -0.4 is 11.1 Å². The molecule has 0 spiro atoms. The van der Waals surface area contributed by atoms with Crippen molar-refractivity contribution in [3.05, 3.63) is 59.4 Å². The van der Waals surface area contributed by atoms with Gasteiger partial charge in [-0.15, -0.1) is 0 Å². The first kappa shape index (κ1) is 17.0. The van der Waals surface area contributed by atoms with Gasteiger partial charge in [0.25, 0.3) is 5.91 Å². The number of anilines is 1. The topological polar surface area (TPSA) is 101 Å². The lowest BCUT2D eigenvalue weighted by Crippen LogP contribution is -2.11. The SMILES string of the molecule is CCC(=O)Nc1ccc(C(S)c2nc3c(C(N)=O)cccc3[nH]2)cc1. The van der Waals surface area contributed by atoms with Crippen molar-refractivity contribution in [3.8, 4) is 0 Å². The highest BCUT2D eigenvalue weighted by atomic mass is 32.1. The molecule has 0 fully saturated rings. The summed E-state index contributed by atoms with van der Waals surface area (Å²) in [6.07, 6.45) is 0.429. The smallest absolute Gasteiger partial charge is 0.250 e. The molecule has 4 N–H and O–H groups in total. The van der Waals surface area contributed by atoms with Crippen LogP contribution in [0.4, 0.5) is 5.69 Å². The average molecular weight is 354 g/mol. The number of fused-ring (bicyclic) bond motifs is 1. The molecule has 0 aliphatic heterocycles. The Hall–Kier alpha value is -2.80. The molecule has 0 aliphatic carbocycles. The molecular formula is C18H18N4O2S. The van der Waals surface area contributed by atoms with Crippen molar-refractivity contribution in [2.24, 2.45) is 5.73 Å². The predicted molar refractivity (Wildman–Crippen MR) is 101 cm³/mol. The van der Waals surface area contributed by atoms with Crippen LogP contribution in [0, 0.1) is 0 Å². The Labute approximate surface area is 150 Å². The minimum absolute atomic E-state index is 0.0357. The molecule has 0 saturated heterocycles. The first-order valence-electron chi connectivity index (χ1n) is 7.86. The van der Waals surface area contributed by atoms with Crippen molar-refractivity contribution < 1.29 is 9.59 Å². The van der Waals surface area contributed by atoms with E-state index in [1.807, 2.05) is 30.3 Å². The largest absolute Gasteiger partial charge is 0.366 e. The number of nitrogens with zero attached hydrogens (tertiary/aromatic N) is 1. The fraction of sp³-hybridized carbons (Fsp3) is 0.167. The molecule has 0 bridgehead atoms. The van der Waals surface area contributed by atoms with Crippen LogP contribution in [-0.2, 0) is 4.79 Å². The highest BCUT2D eigenvalue weighted by Gasteiger charge is 2.17. The Morgan fingerprint density at radius 1 is 1.24 bits per heavy atom. The molecular weight excluding hydrogens is 336 g/mol. The number of rotatable bonds is 5. The Morgan fingerprint density at radius 2 is 1.96 bits per heavy atom. The van der Waals surface area contributed by atoms with Crippen LogP contribution in [-0.4, -0.2) is 21.8 Å². The minimum Gasteiger partial charge on any atom is -0.366 e. The zero-order valence-corrected chi connectivity index (χ0v) is 14.5. The van der Waals surface area contributed by atoms with Crippen LogP contribution in [0.1, 0.15) is 40.3 Å². The number of amides is 2. The zero-order chi connectivity index (χ0) is 18.0. The number of thiol groups is 1. The Balaban J connectivity index is 1.89. The summed E-state index contributed by atoms with van der Waals surface area (Å²) in [4.78, 5) is 30.6. The number of benzene rings is 2. The minimum atomic E-state index is -0.518. The number of nitrogens with two attached hydrogens (primary N) is 1. The van der Waals surface area contributed by atoms with E-state index in [1.54, 1.807) is 19.1 Å². The monoisotopic (exact) mass is 354 g/mol. The van der Waals surface area contributed by atoms with Gasteiger partial charge in [0, 0.05) is 12.1 Å². The number of H-pyrrole nitrogens is 1. The van der Waals surface area contributed by atoms with Crippen LogP contribution in [0.15, 0.2) is 42.5 Å². The van der Waals surface area contributed by atoms with Gasteiger partial charge in [0.2, 0.25) is 5.91 Å². The van der Waals surface area contributed by atoms with Crippen LogP contribution in [0.3, 0.4) is 0 Å². The van der Waals surface area contributed by atoms with Crippen molar-refractivity contribution in [1.29, 1.82) is 0 Å². The Morgan fingerprint density at radius 3 is 2.60 bits per heavy atom. The average Bonchev–Trinajstić information content (AvgIpc) is 3.05. The molecule has 1 heterocycles. The second-order valence-electron chi connectivity index (χ2n) is 5.61. The van der Waals surface area contributed by atoms with Gasteiger partial charge in [-0.25, -0.2) is 4.98 Å². The number of nitrogens with one attached hydrogen (secondary N) is 2. The summed E-state index contributed by atoms with van der Waals surface area (Å²) in [6.45, 7) is 1.80. The number of hydrogen-bond donors (Lipinski definition) is 4. The van der Waals surface area contributed by atoms with Crippen molar-refractivity contribution in [2.45, 2.75) is 18.6 Å². The summed E-state index contributed by atoms with van der Waals surface area (Å²) < 4.78 is 0. The number of carbonyl (C=O) groups excluding carboxylic acids is 2. The third-order valence-corrected chi connectivity index (χ3v) is 4.43. The molecule has 3 aromatic rings. The molecule has 1 atom stereocenters. The summed E-state index contributed by atoms with van der Waals surface area (Å²) in [5.74, 6) is 0.0687. The molecule has 2 amide bonds. The van der Waals surface area contributed by atoms with E-state index in [-0.39, 0.29) is 11.2 Å². The predicted octanol–water partition coefficient (Wildman–Crippen LogP) is 3.03. The number of primary amides is 1. The Kier molecular flexibility index (Phi) is 4.76. The van der Waals surface area contributed by atoms with Crippen LogP contribution in [0.5, 0.6) is 0 Å². The second kappa shape index (κ2) is 6.98. The third kappa shape index (κ3) is 3.51. The number of aromatic amines is 1. The van der Waals surface area contributed by atoms with E-state index in [0.29, 0.717) is 23.3 Å². The molecule has 1 unspecified atom stereocenters. The number of aromatic nitrogens is 2. The summed E-state index contributed by atoms with van der Waals surface area (Å²) in [6, 6.07) is 12.6. The molecule has 2 aromatic carbocycles. The van der Waals surface area contributed by atoms with Crippen LogP contribution >= 0.6 is 12.6 Å². The van der Waals surface area contributed by atoms with E-state index < -0.39 is 5.91 Å². The van der Waals surface area contributed by atoms with Crippen LogP contribution in [0.2, 0.25) is 0 Å². The molecule has 128 valence electrons. The molecule has 0 aliphatic rings. The Bertz CT molecular complexity index is 934. The fourth-order valence-electron chi connectivity index (χ4n) is 2.54. The van der Waals surface area contributed by atoms with Gasteiger partial charge in [-0.1, -0.05) is 25.1 Å². The van der Waals surface area contributed by atoms with Crippen molar-refractivity contribution >= 4 is 41.2 Å². The van der Waals surface area contributed by atoms with Crippen LogP contribution in [0.25, 0.3) is 11.0 Å². The number of carbonyl (C=O) groups is 2. The lowest BCUT2D eigenvalue weighted by Gasteiger charge is -2.10. The van der Waals surface area contributed by atoms with Gasteiger partial charge >= 0.3 is 0 Å². The highest BCUT2D eigenvalue weighted by molar-refractivity contribution is 7.80. The summed E-state index contributed by atoms with van der Waals surface area (Å²) in [5.41, 5.74) is 8.69. The molecule has 3 rings (SSSR count). The molecule has 7 heteroatoms. The quantitative estimate of drug-likeness (QED) is 0.530. The van der Waals surface area contributed by atoms with Gasteiger partial charge in [0.15, 0.2) is 0 Å². The van der Waals surface area contributed by atoms with Gasteiger partial charge in [-0.2, -0.15) is 12.6 Å². The van der Waals surface area contributed by atoms with Gasteiger partial charge < -0.3 is 16.0 Å². The molecule has 1 aromatic heterocycles. The van der Waals surface area contributed by atoms with Crippen molar-refractivity contribution in [2.75, 3.05) is 5.32 Å². The van der Waals surface area contributed by atoms with Gasteiger partial charge in [0.1, 0.15) is 11.3 Å². The molecule has 6 nitrogen and oxygen atoms in total. The maximum absolute atomic E-state index is 11.5. The molecule has 25 heavy (non-hydrogen) atoms. The van der Waals surface area contributed by atoms with Gasteiger partial charge in [0.05, 0.1) is 16.3 Å². The lowest BCUT2D eigenvalue weighted by atomic mass is 10.1. The zero-order valence-electron chi connectivity index (χ0n) is 13.6. The third-order valence-electron chi connectivity index (χ3n) is 3.89. The van der Waals surface area contributed by atoms with E-state index >= 15 is 0 Å². The van der Waals surface area contributed by atoms with E-state index in [0.717, 1.165) is 16.8 Å². The standard InChI is InChI=1S/C18H18N4O2S/c1-2-14(23)20-11-8-6-10(7-9-11)16(25)18-21-13-5-3-4-12(17(19)24)15(13)22-18/h3-9,16,25H,2H2,1H3,(H2,19,24)(H,20,23)(H,21,22). The molecule has 0 saturated carbocycles. The molecule has 0 radical (unpaired) electrons. The van der Waals surface area contributed by atoms with E-state index in [9.17, 15) is 9.59 Å². The first-order valence-corrected chi connectivity index (χ1v) is 8.37. The van der Waals surface area contributed by atoms with E-state index in [1.165, 1.54) is 0 Å². The highest BCUT2D eigenvalue weighted by Crippen LogP contribution is 2.29. The van der Waals surface area contributed by atoms with Crippen molar-refractivity contribution in [1.82, 2.24) is 9.97 Å². The van der Waals surface area contributed by atoms with E-state index in [2.05, 4.69) is 27.9 Å². The normalized spacial score (nSPS) is 12.1. The summed E-state index contributed by atoms with van der Waals surface area (Å²) in [7, 11) is 0. The van der Waals surface area contributed by atoms with Crippen molar-refractivity contribution in [3.63, 3.8) is 0 Å². The maximum Gasteiger partial charge on any atom is 0.250 e. The van der Waals surface area contributed by atoms with Gasteiger partial charge in [-0.3, -0.25) is 9.59 Å². The number of para-hydroxylation sites is 1. The first-order chi connectivity index (χ1) is 12.0. The summed E-state index contributed by atoms with van der Waals surface area (Å²) >= 11 is 4.63. The van der Waals surface area contributed by atoms with Gasteiger partial charge in [-0.05, 0) is 29.8 Å². The van der Waals surface area contributed by atoms with E-state index in [4.69, 9.17) is 5.73 Å². The lowest BCUT2D eigenvalue weighted by molar-refractivity contribution is -0.115. The number of imidazole rings is 1. The summed E-state index contributed by atoms with van der Waals surface area (Å²) in [5, 5.41) is 2.50. The second-order valence-corrected chi connectivity index (χ2v) is 6.13. The maximum atomic E-state index is 11.5. The fourth-order valence-corrected chi connectivity index (χ4v) is 2.83.